The lowest BCUT2D eigenvalue weighted by atomic mass is 9.47. The lowest BCUT2D eigenvalue weighted by molar-refractivity contribution is -0.0127. The van der Waals surface area contributed by atoms with Gasteiger partial charge in [0.05, 0.1) is 23.5 Å². The first kappa shape index (κ1) is 35.1. The number of rotatable bonds is 6. The van der Waals surface area contributed by atoms with Crippen LogP contribution in [0.25, 0.3) is 0 Å². The van der Waals surface area contributed by atoms with Crippen LogP contribution in [-0.2, 0) is 10.8 Å². The minimum atomic E-state index is -0.0109. The summed E-state index contributed by atoms with van der Waals surface area (Å²) in [6.07, 6.45) is 20.2. The predicted octanol–water partition coefficient (Wildman–Crippen LogP) is 11.7. The zero-order valence-corrected chi connectivity index (χ0v) is 33.2. The lowest BCUT2D eigenvalue weighted by Gasteiger charge is -2.57. The molecule has 9 aliphatic rings. The molecule has 2 atom stereocenters. The van der Waals surface area contributed by atoms with Gasteiger partial charge in [0.2, 0.25) is 0 Å². The van der Waals surface area contributed by atoms with E-state index in [9.17, 15) is 10.2 Å². The SMILES string of the molecule is CC(C)(C)c1ccc(O)c(C(=N[C@@H]2CCCC[C@H]2N=C(c2cc(C(C)(C)C)ccc2O)C23CC4CC(CC(C4)C2)C3)C23CC4CC(CC(C4)C2)C3)c1. The van der Waals surface area contributed by atoms with Crippen molar-refractivity contribution < 1.29 is 10.2 Å². The van der Waals surface area contributed by atoms with Crippen molar-refractivity contribution in [3.8, 4) is 11.5 Å². The van der Waals surface area contributed by atoms with Crippen LogP contribution in [0.2, 0.25) is 0 Å². The molecule has 9 saturated carbocycles. The van der Waals surface area contributed by atoms with Crippen LogP contribution in [0.15, 0.2) is 46.4 Å². The van der Waals surface area contributed by atoms with E-state index in [-0.39, 0.29) is 33.7 Å². The van der Waals surface area contributed by atoms with Crippen molar-refractivity contribution in [3.05, 3.63) is 58.7 Å². The predicted molar refractivity (Wildman–Crippen MR) is 214 cm³/mol. The van der Waals surface area contributed by atoms with E-state index >= 15 is 0 Å². The highest BCUT2D eigenvalue weighted by Gasteiger charge is 2.56. The minimum Gasteiger partial charge on any atom is -0.507 e. The Morgan fingerprint density at radius 3 is 1.12 bits per heavy atom. The Balaban J connectivity index is 1.20. The Kier molecular flexibility index (Phi) is 8.41. The molecule has 2 aromatic rings. The Morgan fingerprint density at radius 1 is 0.519 bits per heavy atom. The van der Waals surface area contributed by atoms with Gasteiger partial charge < -0.3 is 10.2 Å². The zero-order chi connectivity index (χ0) is 36.2. The highest BCUT2D eigenvalue weighted by atomic mass is 16.3. The summed E-state index contributed by atoms with van der Waals surface area (Å²) in [7, 11) is 0. The van der Waals surface area contributed by atoms with Crippen LogP contribution >= 0.6 is 0 Å². The first-order valence-corrected chi connectivity index (χ1v) is 21.5. The van der Waals surface area contributed by atoms with Gasteiger partial charge in [-0.1, -0.05) is 66.5 Å². The molecule has 0 heterocycles. The molecule has 4 heteroatoms. The number of aliphatic imine (C=N–C) groups is 2. The molecule has 52 heavy (non-hydrogen) atoms. The second-order valence-corrected chi connectivity index (χ2v) is 21.7. The van der Waals surface area contributed by atoms with Gasteiger partial charge in [0.1, 0.15) is 11.5 Å². The van der Waals surface area contributed by atoms with Gasteiger partial charge in [-0.3, -0.25) is 9.98 Å². The first-order valence-electron chi connectivity index (χ1n) is 21.5. The fraction of sp³-hybridized carbons (Fsp3) is 0.708. The van der Waals surface area contributed by atoms with E-state index in [1.165, 1.54) is 112 Å². The summed E-state index contributed by atoms with van der Waals surface area (Å²) < 4.78 is 0. The van der Waals surface area contributed by atoms with Crippen LogP contribution in [-0.4, -0.2) is 33.7 Å². The molecule has 0 saturated heterocycles. The van der Waals surface area contributed by atoms with Crippen molar-refractivity contribution in [2.45, 2.75) is 167 Å². The van der Waals surface area contributed by atoms with E-state index in [4.69, 9.17) is 9.98 Å². The fourth-order valence-corrected chi connectivity index (χ4v) is 13.9. The Hall–Kier alpha value is -2.62. The smallest absolute Gasteiger partial charge is 0.124 e. The van der Waals surface area contributed by atoms with Crippen LogP contribution in [0.1, 0.15) is 167 Å². The van der Waals surface area contributed by atoms with Crippen LogP contribution in [0.3, 0.4) is 0 Å². The summed E-state index contributed by atoms with van der Waals surface area (Å²) in [5.41, 5.74) is 7.06. The van der Waals surface area contributed by atoms with Crippen molar-refractivity contribution in [1.82, 2.24) is 0 Å². The van der Waals surface area contributed by atoms with Gasteiger partial charge in [-0.2, -0.15) is 0 Å². The molecular formula is C48H66N2O2. The molecule has 0 radical (unpaired) electrons. The standard InChI is InChI=1S/C48H66N2O2/c1-45(2,3)35-11-13-41(51)37(21-35)43(47-23-29-15-30(24-47)17-31(16-29)25-47)49-39-9-7-8-10-40(39)50-44(38-22-36(46(4,5)6)12-14-42(38)52)48-26-32-18-33(27-48)20-34(19-32)28-48/h11-14,21-22,29-34,39-40,51-52H,7-10,15-20,23-28H2,1-6H3/t29?,30?,31?,32?,33?,34?,39-,40-,47?,48?/m1/s1. The Morgan fingerprint density at radius 2 is 0.827 bits per heavy atom. The first-order chi connectivity index (χ1) is 24.7. The molecule has 0 aromatic heterocycles. The van der Waals surface area contributed by atoms with Crippen molar-refractivity contribution >= 4 is 11.4 Å². The van der Waals surface area contributed by atoms with Gasteiger partial charge >= 0.3 is 0 Å². The van der Waals surface area contributed by atoms with Crippen LogP contribution in [0.5, 0.6) is 11.5 Å². The van der Waals surface area contributed by atoms with Gasteiger partial charge in [-0.15, -0.1) is 0 Å². The van der Waals surface area contributed by atoms with Crippen LogP contribution in [0, 0.1) is 46.3 Å². The average Bonchev–Trinajstić information content (AvgIpc) is 3.05. The number of aromatic hydroxyl groups is 2. The minimum absolute atomic E-state index is 0.0109. The second-order valence-electron chi connectivity index (χ2n) is 21.7. The molecule has 8 bridgehead atoms. The lowest BCUT2D eigenvalue weighted by Crippen LogP contribution is -2.51. The Labute approximate surface area is 314 Å². The number of phenols is 2. The molecule has 9 fully saturated rings. The van der Waals surface area contributed by atoms with E-state index < -0.39 is 0 Å². The largest absolute Gasteiger partial charge is 0.507 e. The summed E-state index contributed by atoms with van der Waals surface area (Å²) in [5, 5.41) is 23.5. The Bertz CT molecular complexity index is 1570. The maximum absolute atomic E-state index is 11.7. The normalized spacial score (nSPS) is 38.7. The molecule has 0 amide bonds. The monoisotopic (exact) mass is 703 g/mol. The molecule has 11 rings (SSSR count). The molecule has 2 N–H and O–H groups in total. The van der Waals surface area contributed by atoms with Gasteiger partial charge in [0.25, 0.3) is 0 Å². The van der Waals surface area contributed by atoms with E-state index in [1.54, 1.807) is 0 Å². The topological polar surface area (TPSA) is 65.2 Å². The van der Waals surface area contributed by atoms with Crippen molar-refractivity contribution in [1.29, 1.82) is 0 Å². The van der Waals surface area contributed by atoms with Gasteiger partial charge in [0.15, 0.2) is 0 Å². The molecule has 4 nitrogen and oxygen atoms in total. The summed E-state index contributed by atoms with van der Waals surface area (Å²) in [5.74, 6) is 5.58. The quantitative estimate of drug-likeness (QED) is 0.294. The zero-order valence-electron chi connectivity index (χ0n) is 33.2. The van der Waals surface area contributed by atoms with Crippen LogP contribution in [0.4, 0.5) is 0 Å². The van der Waals surface area contributed by atoms with Gasteiger partial charge in [-0.05, 0) is 172 Å². The van der Waals surface area contributed by atoms with E-state index in [2.05, 4.69) is 65.8 Å². The van der Waals surface area contributed by atoms with E-state index in [0.29, 0.717) is 11.5 Å². The number of hydrogen-bond acceptors (Lipinski definition) is 4. The summed E-state index contributed by atoms with van der Waals surface area (Å²) >= 11 is 0. The van der Waals surface area contributed by atoms with E-state index in [1.807, 2.05) is 12.1 Å². The highest BCUT2D eigenvalue weighted by Crippen LogP contribution is 2.63. The third-order valence-electron chi connectivity index (χ3n) is 15.6. The highest BCUT2D eigenvalue weighted by molar-refractivity contribution is 6.08. The maximum atomic E-state index is 11.7. The summed E-state index contributed by atoms with van der Waals surface area (Å²) in [6.45, 7) is 13.7. The molecule has 2 aromatic carbocycles. The number of benzene rings is 2. The van der Waals surface area contributed by atoms with Crippen molar-refractivity contribution in [3.63, 3.8) is 0 Å². The van der Waals surface area contributed by atoms with Crippen molar-refractivity contribution in [2.75, 3.05) is 0 Å². The summed E-state index contributed by atoms with van der Waals surface area (Å²) in [4.78, 5) is 12.0. The average molecular weight is 703 g/mol. The molecule has 0 aliphatic heterocycles. The number of phenolic OH excluding ortho intramolecular Hbond substituents is 2. The van der Waals surface area contributed by atoms with Gasteiger partial charge in [-0.25, -0.2) is 0 Å². The molecule has 0 spiro atoms. The maximum Gasteiger partial charge on any atom is 0.124 e. The third kappa shape index (κ3) is 6.18. The third-order valence-corrected chi connectivity index (χ3v) is 15.6. The van der Waals surface area contributed by atoms with Crippen molar-refractivity contribution in [2.24, 2.45) is 56.3 Å². The molecule has 0 unspecified atom stereocenters. The molecule has 9 aliphatic carbocycles. The van der Waals surface area contributed by atoms with Crippen LogP contribution < -0.4 is 0 Å². The second kappa shape index (κ2) is 12.5. The molecule has 280 valence electrons. The van der Waals surface area contributed by atoms with Gasteiger partial charge in [0, 0.05) is 22.0 Å². The number of nitrogens with zero attached hydrogens (tertiary/aromatic N) is 2. The van der Waals surface area contributed by atoms with E-state index in [0.717, 1.165) is 59.5 Å². The molecular weight excluding hydrogens is 637 g/mol. The fourth-order valence-electron chi connectivity index (χ4n) is 13.9. The summed E-state index contributed by atoms with van der Waals surface area (Å²) in [6, 6.07) is 13.0. The number of hydrogen-bond donors (Lipinski definition) is 2.